The van der Waals surface area contributed by atoms with Gasteiger partial charge >= 0.3 is 6.61 Å². The van der Waals surface area contributed by atoms with Gasteiger partial charge in [-0.15, -0.1) is 0 Å². The summed E-state index contributed by atoms with van der Waals surface area (Å²) in [7, 11) is 0. The van der Waals surface area contributed by atoms with E-state index in [1.54, 1.807) is 18.2 Å². The summed E-state index contributed by atoms with van der Waals surface area (Å²) in [5.41, 5.74) is 5.91. The molecule has 0 aromatic heterocycles. The molecule has 0 saturated heterocycles. The fourth-order valence-electron chi connectivity index (χ4n) is 1.77. The number of nitrogens with two attached hydrogens (primary N) is 1. The van der Waals surface area contributed by atoms with E-state index in [1.807, 2.05) is 6.92 Å². The lowest BCUT2D eigenvalue weighted by atomic mass is 10.0. The Labute approximate surface area is 117 Å². The van der Waals surface area contributed by atoms with Gasteiger partial charge in [-0.2, -0.15) is 8.78 Å². The molecule has 0 fully saturated rings. The average molecular weight is 286 g/mol. The highest BCUT2D eigenvalue weighted by Crippen LogP contribution is 2.20. The van der Waals surface area contributed by atoms with Crippen molar-refractivity contribution >= 4 is 5.91 Å². The fraction of sp³-hybridized carbons (Fsp3) is 0.500. The van der Waals surface area contributed by atoms with E-state index < -0.39 is 6.61 Å². The molecule has 0 bridgehead atoms. The lowest BCUT2D eigenvalue weighted by Gasteiger charge is -2.14. The van der Waals surface area contributed by atoms with Crippen LogP contribution in [0.25, 0.3) is 0 Å². The summed E-state index contributed by atoms with van der Waals surface area (Å²) in [5.74, 6) is -0.190. The van der Waals surface area contributed by atoms with E-state index in [0.717, 1.165) is 6.42 Å². The minimum Gasteiger partial charge on any atom is -0.434 e. The zero-order valence-electron chi connectivity index (χ0n) is 11.4. The molecule has 0 aliphatic rings. The number of carbonyl (C=O) groups excluding carboxylic acids is 1. The summed E-state index contributed by atoms with van der Waals surface area (Å²) in [5, 5.41) is 2.72. The maximum Gasteiger partial charge on any atom is 0.387 e. The second-order valence-corrected chi connectivity index (χ2v) is 4.54. The van der Waals surface area contributed by atoms with Crippen molar-refractivity contribution in [3.63, 3.8) is 0 Å². The first kappa shape index (κ1) is 16.4. The maximum absolute atomic E-state index is 12.2. The Bertz CT molecular complexity index is 427. The Morgan fingerprint density at radius 3 is 2.75 bits per heavy atom. The zero-order valence-corrected chi connectivity index (χ0v) is 11.4. The predicted octanol–water partition coefficient (Wildman–Crippen LogP) is 2.28. The average Bonchev–Trinajstić information content (AvgIpc) is 2.42. The van der Waals surface area contributed by atoms with E-state index in [9.17, 15) is 13.6 Å². The van der Waals surface area contributed by atoms with Crippen molar-refractivity contribution in [3.8, 4) is 5.75 Å². The molecule has 20 heavy (non-hydrogen) atoms. The van der Waals surface area contributed by atoms with Crippen molar-refractivity contribution in [3.05, 3.63) is 29.8 Å². The largest absolute Gasteiger partial charge is 0.434 e. The molecule has 0 radical (unpaired) electrons. The number of rotatable bonds is 8. The molecule has 1 unspecified atom stereocenters. The molecule has 0 heterocycles. The van der Waals surface area contributed by atoms with Crippen LogP contribution < -0.4 is 15.8 Å². The van der Waals surface area contributed by atoms with Gasteiger partial charge in [0.1, 0.15) is 5.75 Å². The Morgan fingerprint density at radius 2 is 2.10 bits per heavy atom. The normalized spacial score (nSPS) is 12.2. The van der Waals surface area contributed by atoms with Gasteiger partial charge in [-0.05, 0) is 25.5 Å². The van der Waals surface area contributed by atoms with Crippen molar-refractivity contribution in [1.29, 1.82) is 0 Å². The number of halogens is 2. The highest BCUT2D eigenvalue weighted by Gasteiger charge is 2.14. The van der Waals surface area contributed by atoms with Gasteiger partial charge in [-0.25, -0.2) is 0 Å². The minimum absolute atomic E-state index is 0.0809. The van der Waals surface area contributed by atoms with E-state index >= 15 is 0 Å². The van der Waals surface area contributed by atoms with Crippen molar-refractivity contribution in [2.45, 2.75) is 32.9 Å². The van der Waals surface area contributed by atoms with Crippen LogP contribution in [-0.4, -0.2) is 19.1 Å². The number of hydrogen-bond acceptors (Lipinski definition) is 3. The molecular formula is C14H20F2N2O2. The molecule has 112 valence electrons. The fourth-order valence-corrected chi connectivity index (χ4v) is 1.77. The zero-order chi connectivity index (χ0) is 15.0. The van der Waals surface area contributed by atoms with Crippen LogP contribution >= 0.6 is 0 Å². The number of alkyl halides is 2. The SMILES string of the molecule is CC(CCCN)C(=O)NCc1ccccc1OC(F)F. The van der Waals surface area contributed by atoms with Crippen LogP contribution in [0.1, 0.15) is 25.3 Å². The molecule has 0 spiro atoms. The molecule has 1 amide bonds. The van der Waals surface area contributed by atoms with Crippen LogP contribution in [-0.2, 0) is 11.3 Å². The van der Waals surface area contributed by atoms with Crippen LogP contribution in [0, 0.1) is 5.92 Å². The van der Waals surface area contributed by atoms with Crippen LogP contribution in [0.3, 0.4) is 0 Å². The first-order valence-corrected chi connectivity index (χ1v) is 6.55. The number of carbonyl (C=O) groups is 1. The standard InChI is InChI=1S/C14H20F2N2O2/c1-10(5-4-8-17)13(19)18-9-11-6-2-3-7-12(11)20-14(15)16/h2-3,6-7,10,14H,4-5,8-9,17H2,1H3,(H,18,19). The van der Waals surface area contributed by atoms with Gasteiger partial charge in [0.15, 0.2) is 0 Å². The summed E-state index contributed by atoms with van der Waals surface area (Å²) in [6.07, 6.45) is 1.48. The van der Waals surface area contributed by atoms with Gasteiger partial charge in [0, 0.05) is 18.0 Å². The Balaban J connectivity index is 2.54. The highest BCUT2D eigenvalue weighted by molar-refractivity contribution is 5.78. The number of para-hydroxylation sites is 1. The topological polar surface area (TPSA) is 64.4 Å². The Hall–Kier alpha value is -1.69. The van der Waals surface area contributed by atoms with E-state index in [1.165, 1.54) is 6.07 Å². The maximum atomic E-state index is 12.2. The van der Waals surface area contributed by atoms with E-state index in [0.29, 0.717) is 18.5 Å². The van der Waals surface area contributed by atoms with Crippen molar-refractivity contribution in [2.24, 2.45) is 11.7 Å². The molecule has 3 N–H and O–H groups in total. The molecule has 0 aliphatic carbocycles. The molecule has 0 aliphatic heterocycles. The van der Waals surface area contributed by atoms with Crippen LogP contribution in [0.15, 0.2) is 24.3 Å². The Morgan fingerprint density at radius 1 is 1.40 bits per heavy atom. The number of nitrogens with one attached hydrogen (secondary N) is 1. The lowest BCUT2D eigenvalue weighted by Crippen LogP contribution is -2.29. The summed E-state index contributed by atoms with van der Waals surface area (Å²) < 4.78 is 28.9. The minimum atomic E-state index is -2.88. The molecule has 1 rings (SSSR count). The summed E-state index contributed by atoms with van der Waals surface area (Å²) in [6, 6.07) is 6.40. The first-order chi connectivity index (χ1) is 9.54. The first-order valence-electron chi connectivity index (χ1n) is 6.55. The summed E-state index contributed by atoms with van der Waals surface area (Å²) >= 11 is 0. The van der Waals surface area contributed by atoms with Gasteiger partial charge in [0.05, 0.1) is 0 Å². The third-order valence-corrected chi connectivity index (χ3v) is 2.93. The summed E-state index contributed by atoms with van der Waals surface area (Å²) in [6.45, 7) is -0.362. The van der Waals surface area contributed by atoms with Crippen molar-refractivity contribution in [2.75, 3.05) is 6.54 Å². The van der Waals surface area contributed by atoms with E-state index in [4.69, 9.17) is 5.73 Å². The second-order valence-electron chi connectivity index (χ2n) is 4.54. The second kappa shape index (κ2) is 8.47. The van der Waals surface area contributed by atoms with Gasteiger partial charge in [-0.3, -0.25) is 4.79 Å². The number of hydrogen-bond donors (Lipinski definition) is 2. The van der Waals surface area contributed by atoms with Crippen molar-refractivity contribution in [1.82, 2.24) is 5.32 Å². The molecule has 4 nitrogen and oxygen atoms in total. The molecule has 1 atom stereocenters. The van der Waals surface area contributed by atoms with Crippen LogP contribution in [0.2, 0.25) is 0 Å². The molecular weight excluding hydrogens is 266 g/mol. The number of ether oxygens (including phenoxy) is 1. The van der Waals surface area contributed by atoms with Crippen LogP contribution in [0.4, 0.5) is 8.78 Å². The smallest absolute Gasteiger partial charge is 0.387 e. The summed E-state index contributed by atoms with van der Waals surface area (Å²) in [4.78, 5) is 11.8. The molecule has 6 heteroatoms. The third kappa shape index (κ3) is 5.52. The highest BCUT2D eigenvalue weighted by atomic mass is 19.3. The predicted molar refractivity (Wildman–Crippen MR) is 72.4 cm³/mol. The third-order valence-electron chi connectivity index (χ3n) is 2.93. The van der Waals surface area contributed by atoms with E-state index in [-0.39, 0.29) is 24.1 Å². The quantitative estimate of drug-likeness (QED) is 0.770. The van der Waals surface area contributed by atoms with Gasteiger partial charge < -0.3 is 15.8 Å². The molecule has 1 aromatic rings. The van der Waals surface area contributed by atoms with E-state index in [2.05, 4.69) is 10.1 Å². The molecule has 1 aromatic carbocycles. The lowest BCUT2D eigenvalue weighted by molar-refractivity contribution is -0.124. The van der Waals surface area contributed by atoms with Crippen LogP contribution in [0.5, 0.6) is 5.75 Å². The number of benzene rings is 1. The number of amides is 1. The van der Waals surface area contributed by atoms with Crippen molar-refractivity contribution < 1.29 is 18.3 Å². The van der Waals surface area contributed by atoms with Gasteiger partial charge in [-0.1, -0.05) is 25.1 Å². The monoisotopic (exact) mass is 286 g/mol. The Kier molecular flexibility index (Phi) is 6.93. The van der Waals surface area contributed by atoms with Gasteiger partial charge in [0.2, 0.25) is 5.91 Å². The van der Waals surface area contributed by atoms with Gasteiger partial charge in [0.25, 0.3) is 0 Å². The molecule has 0 saturated carbocycles.